The van der Waals surface area contributed by atoms with Gasteiger partial charge in [0.05, 0.1) is 10.5 Å². The third-order valence-electron chi connectivity index (χ3n) is 2.84. The Morgan fingerprint density at radius 3 is 2.68 bits per heavy atom. The molecule has 7 heteroatoms. The van der Waals surface area contributed by atoms with Gasteiger partial charge in [-0.2, -0.15) is 0 Å². The molecule has 0 aliphatic heterocycles. The van der Waals surface area contributed by atoms with Gasteiger partial charge in [-0.15, -0.1) is 0 Å². The molecular formula is C12H16IN3O3. The molecule has 0 radical (unpaired) electrons. The van der Waals surface area contributed by atoms with Crippen LogP contribution in [0, 0.1) is 13.7 Å². The molecule has 1 aromatic rings. The molecule has 1 unspecified atom stereocenters. The number of carbonyl (C=O) groups is 1. The van der Waals surface area contributed by atoms with Gasteiger partial charge in [0.15, 0.2) is 0 Å². The topological polar surface area (TPSA) is 75.5 Å². The number of nitro groups is 1. The minimum Gasteiger partial charge on any atom is -0.350 e. The van der Waals surface area contributed by atoms with Crippen LogP contribution < -0.4 is 5.32 Å². The predicted octanol–water partition coefficient (Wildman–Crippen LogP) is 1.88. The van der Waals surface area contributed by atoms with Gasteiger partial charge >= 0.3 is 0 Å². The number of hydrogen-bond acceptors (Lipinski definition) is 4. The quantitative estimate of drug-likeness (QED) is 0.483. The first kappa shape index (κ1) is 15.8. The summed E-state index contributed by atoms with van der Waals surface area (Å²) < 4.78 is 0.693. The molecule has 1 rings (SSSR count). The van der Waals surface area contributed by atoms with Crippen molar-refractivity contribution in [2.45, 2.75) is 13.0 Å². The summed E-state index contributed by atoms with van der Waals surface area (Å²) in [5.74, 6) is -0.290. The van der Waals surface area contributed by atoms with Crippen LogP contribution in [-0.2, 0) is 0 Å². The summed E-state index contributed by atoms with van der Waals surface area (Å²) in [5, 5.41) is 13.5. The number of benzene rings is 1. The van der Waals surface area contributed by atoms with Gasteiger partial charge in [-0.1, -0.05) is 0 Å². The van der Waals surface area contributed by atoms with Gasteiger partial charge in [-0.05, 0) is 49.7 Å². The van der Waals surface area contributed by atoms with E-state index >= 15 is 0 Å². The lowest BCUT2D eigenvalue weighted by atomic mass is 10.2. The number of carbonyl (C=O) groups excluding carboxylic acids is 1. The zero-order valence-electron chi connectivity index (χ0n) is 11.0. The molecule has 0 saturated carbocycles. The molecule has 19 heavy (non-hydrogen) atoms. The molecule has 6 nitrogen and oxygen atoms in total. The lowest BCUT2D eigenvalue weighted by Gasteiger charge is -2.20. The number of nitro benzene ring substituents is 1. The molecule has 0 bridgehead atoms. The normalized spacial score (nSPS) is 12.3. The highest BCUT2D eigenvalue weighted by molar-refractivity contribution is 14.1. The largest absolute Gasteiger partial charge is 0.350 e. The van der Waals surface area contributed by atoms with Gasteiger partial charge in [-0.25, -0.2) is 0 Å². The Balaban J connectivity index is 2.82. The smallest absolute Gasteiger partial charge is 0.270 e. The Morgan fingerprint density at radius 2 is 2.16 bits per heavy atom. The highest BCUT2D eigenvalue weighted by atomic mass is 127. The molecular weight excluding hydrogens is 361 g/mol. The van der Waals surface area contributed by atoms with Crippen molar-refractivity contribution in [1.82, 2.24) is 10.2 Å². The zero-order chi connectivity index (χ0) is 14.6. The van der Waals surface area contributed by atoms with Crippen molar-refractivity contribution in [3.8, 4) is 0 Å². The van der Waals surface area contributed by atoms with E-state index in [0.29, 0.717) is 15.7 Å². The van der Waals surface area contributed by atoms with Crippen molar-refractivity contribution >= 4 is 34.2 Å². The maximum absolute atomic E-state index is 12.0. The maximum Gasteiger partial charge on any atom is 0.270 e. The van der Waals surface area contributed by atoms with E-state index in [1.807, 2.05) is 48.5 Å². The average molecular weight is 377 g/mol. The third-order valence-corrected chi connectivity index (χ3v) is 3.79. The van der Waals surface area contributed by atoms with Crippen LogP contribution in [0.3, 0.4) is 0 Å². The summed E-state index contributed by atoms with van der Waals surface area (Å²) in [7, 11) is 3.85. The standard InChI is InChI=1S/C12H16IN3O3/c1-8(15(2)3)7-14-12(17)10-6-9(16(18)19)4-5-11(10)13/h4-6,8H,7H2,1-3H3,(H,14,17). The fourth-order valence-corrected chi connectivity index (χ4v) is 1.90. The second-order valence-electron chi connectivity index (χ2n) is 4.44. The van der Waals surface area contributed by atoms with Crippen LogP contribution >= 0.6 is 22.6 Å². The highest BCUT2D eigenvalue weighted by Gasteiger charge is 2.16. The minimum absolute atomic E-state index is 0.0776. The van der Waals surface area contributed by atoms with E-state index in [9.17, 15) is 14.9 Å². The summed E-state index contributed by atoms with van der Waals surface area (Å²) >= 11 is 1.99. The molecule has 0 fully saturated rings. The number of halogens is 1. The average Bonchev–Trinajstić information content (AvgIpc) is 2.35. The summed E-state index contributed by atoms with van der Waals surface area (Å²) in [5.41, 5.74) is 0.256. The number of amides is 1. The molecule has 104 valence electrons. The van der Waals surface area contributed by atoms with Crippen molar-refractivity contribution in [2.75, 3.05) is 20.6 Å². The fraction of sp³-hybridized carbons (Fsp3) is 0.417. The summed E-state index contributed by atoms with van der Waals surface area (Å²) in [6.07, 6.45) is 0. The third kappa shape index (κ3) is 4.43. The van der Waals surface area contributed by atoms with Gasteiger partial charge in [0.25, 0.3) is 11.6 Å². The Kier molecular flexibility index (Phi) is 5.67. The summed E-state index contributed by atoms with van der Waals surface area (Å²) in [6, 6.07) is 4.46. The van der Waals surface area contributed by atoms with Gasteiger partial charge in [0.2, 0.25) is 0 Å². The van der Waals surface area contributed by atoms with Crippen LogP contribution in [0.5, 0.6) is 0 Å². The van der Waals surface area contributed by atoms with E-state index in [-0.39, 0.29) is 17.6 Å². The Hall–Kier alpha value is -1.22. The van der Waals surface area contributed by atoms with Crippen molar-refractivity contribution in [1.29, 1.82) is 0 Å². The fourth-order valence-electron chi connectivity index (χ4n) is 1.32. The lowest BCUT2D eigenvalue weighted by Crippen LogP contribution is -2.38. The maximum atomic E-state index is 12.0. The van der Waals surface area contributed by atoms with E-state index in [1.165, 1.54) is 12.1 Å². The Bertz CT molecular complexity index is 491. The number of hydrogen-bond donors (Lipinski definition) is 1. The number of rotatable bonds is 5. The van der Waals surface area contributed by atoms with E-state index in [1.54, 1.807) is 6.07 Å². The molecule has 1 amide bonds. The summed E-state index contributed by atoms with van der Waals surface area (Å²) in [4.78, 5) is 24.2. The first-order chi connectivity index (χ1) is 8.82. The molecule has 0 spiro atoms. The number of likely N-dealkylation sites (N-methyl/N-ethyl adjacent to an activating group) is 1. The van der Waals surface area contributed by atoms with Crippen LogP contribution in [0.4, 0.5) is 5.69 Å². The SMILES string of the molecule is CC(CNC(=O)c1cc([N+](=O)[O-])ccc1I)N(C)C. The van der Waals surface area contributed by atoms with Crippen molar-refractivity contribution < 1.29 is 9.72 Å². The zero-order valence-corrected chi connectivity index (χ0v) is 13.2. The Morgan fingerprint density at radius 1 is 1.53 bits per heavy atom. The van der Waals surface area contributed by atoms with Crippen LogP contribution in [0.15, 0.2) is 18.2 Å². The number of nitrogens with one attached hydrogen (secondary N) is 1. The van der Waals surface area contributed by atoms with E-state index in [0.717, 1.165) is 0 Å². The first-order valence-corrected chi connectivity index (χ1v) is 6.79. The van der Waals surface area contributed by atoms with Crippen molar-refractivity contribution in [3.63, 3.8) is 0 Å². The van der Waals surface area contributed by atoms with Gasteiger partial charge in [0.1, 0.15) is 0 Å². The molecule has 0 saturated heterocycles. The number of nitrogens with zero attached hydrogens (tertiary/aromatic N) is 2. The molecule has 0 aromatic heterocycles. The monoisotopic (exact) mass is 377 g/mol. The first-order valence-electron chi connectivity index (χ1n) is 5.71. The van der Waals surface area contributed by atoms with Crippen LogP contribution in [0.1, 0.15) is 17.3 Å². The van der Waals surface area contributed by atoms with E-state index < -0.39 is 4.92 Å². The van der Waals surface area contributed by atoms with E-state index in [2.05, 4.69) is 5.32 Å². The molecule has 0 aliphatic rings. The van der Waals surface area contributed by atoms with Gasteiger partial charge in [-0.3, -0.25) is 14.9 Å². The summed E-state index contributed by atoms with van der Waals surface area (Å²) in [6.45, 7) is 2.48. The molecule has 1 N–H and O–H groups in total. The van der Waals surface area contributed by atoms with Gasteiger partial charge < -0.3 is 10.2 Å². The molecule has 1 aromatic carbocycles. The molecule has 0 heterocycles. The Labute approximate surface area is 125 Å². The second kappa shape index (κ2) is 6.80. The van der Waals surface area contributed by atoms with Crippen LogP contribution in [0.2, 0.25) is 0 Å². The van der Waals surface area contributed by atoms with Crippen LogP contribution in [-0.4, -0.2) is 42.4 Å². The van der Waals surface area contributed by atoms with Crippen LogP contribution in [0.25, 0.3) is 0 Å². The second-order valence-corrected chi connectivity index (χ2v) is 5.61. The molecule has 0 aliphatic carbocycles. The number of non-ortho nitro benzene ring substituents is 1. The minimum atomic E-state index is -0.505. The van der Waals surface area contributed by atoms with Gasteiger partial charge in [0, 0.05) is 28.3 Å². The van der Waals surface area contributed by atoms with Crippen molar-refractivity contribution in [2.24, 2.45) is 0 Å². The predicted molar refractivity (Wildman–Crippen MR) is 81.3 cm³/mol. The molecule has 1 atom stereocenters. The van der Waals surface area contributed by atoms with Crippen molar-refractivity contribution in [3.05, 3.63) is 37.4 Å². The van der Waals surface area contributed by atoms with E-state index in [4.69, 9.17) is 0 Å². The lowest BCUT2D eigenvalue weighted by molar-refractivity contribution is -0.384. The highest BCUT2D eigenvalue weighted by Crippen LogP contribution is 2.19.